The maximum atomic E-state index is 5.40. The fourth-order valence-corrected chi connectivity index (χ4v) is 1.75. The van der Waals surface area contributed by atoms with Gasteiger partial charge in [0.2, 0.25) is 0 Å². The summed E-state index contributed by atoms with van der Waals surface area (Å²) in [6.45, 7) is 5.39. The first-order valence-electron chi connectivity index (χ1n) is 5.85. The second-order valence-electron chi connectivity index (χ2n) is 3.85. The smallest absolute Gasteiger partial charge is 0.128 e. The third-order valence-electron chi connectivity index (χ3n) is 2.57. The van der Waals surface area contributed by atoms with Gasteiger partial charge in [-0.1, -0.05) is 18.2 Å². The van der Waals surface area contributed by atoms with Crippen LogP contribution in [-0.4, -0.2) is 25.5 Å². The van der Waals surface area contributed by atoms with E-state index in [4.69, 9.17) is 4.74 Å². The highest BCUT2D eigenvalue weighted by molar-refractivity contribution is 5.99. The Balaban J connectivity index is 2.11. The van der Waals surface area contributed by atoms with E-state index in [0.29, 0.717) is 6.61 Å². The molecule has 86 valence electrons. The first kappa shape index (κ1) is 11.1. The summed E-state index contributed by atoms with van der Waals surface area (Å²) < 4.78 is 5.40. The Labute approximate surface area is 96.5 Å². The zero-order valence-electron chi connectivity index (χ0n) is 9.70. The van der Waals surface area contributed by atoms with Crippen molar-refractivity contribution in [3.05, 3.63) is 35.4 Å². The molecule has 1 aromatic carbocycles. The molecule has 0 amide bonds. The van der Waals surface area contributed by atoms with Crippen LogP contribution >= 0.6 is 0 Å². The van der Waals surface area contributed by atoms with Crippen LogP contribution in [0.3, 0.4) is 0 Å². The van der Waals surface area contributed by atoms with Gasteiger partial charge in [-0.15, -0.1) is 0 Å². The molecular weight excluding hydrogens is 200 g/mol. The van der Waals surface area contributed by atoms with Gasteiger partial charge in [0.1, 0.15) is 5.84 Å². The highest BCUT2D eigenvalue weighted by Crippen LogP contribution is 2.08. The minimum atomic E-state index is 0.678. The van der Waals surface area contributed by atoms with Crippen molar-refractivity contribution in [3.63, 3.8) is 0 Å². The van der Waals surface area contributed by atoms with Crippen molar-refractivity contribution >= 4 is 5.84 Å². The predicted molar refractivity (Wildman–Crippen MR) is 65.8 cm³/mol. The molecule has 1 aromatic rings. The molecule has 16 heavy (non-hydrogen) atoms. The molecule has 1 heterocycles. The van der Waals surface area contributed by atoms with Gasteiger partial charge in [-0.3, -0.25) is 4.99 Å². The van der Waals surface area contributed by atoms with Crippen LogP contribution in [0, 0.1) is 0 Å². The second-order valence-corrected chi connectivity index (χ2v) is 3.85. The fraction of sp³-hybridized carbons (Fsp3) is 0.462. The van der Waals surface area contributed by atoms with Gasteiger partial charge in [-0.2, -0.15) is 0 Å². The fourth-order valence-electron chi connectivity index (χ4n) is 1.75. The van der Waals surface area contributed by atoms with Crippen molar-refractivity contribution in [2.24, 2.45) is 4.99 Å². The molecule has 0 saturated carbocycles. The summed E-state index contributed by atoms with van der Waals surface area (Å²) in [4.78, 5) is 4.49. The third-order valence-corrected chi connectivity index (χ3v) is 2.57. The molecule has 0 unspecified atom stereocenters. The number of nitrogens with zero attached hydrogens (tertiary/aromatic N) is 1. The zero-order valence-corrected chi connectivity index (χ0v) is 9.70. The Kier molecular flexibility index (Phi) is 3.94. The van der Waals surface area contributed by atoms with Crippen molar-refractivity contribution in [2.75, 3.05) is 19.7 Å². The molecule has 2 rings (SSSR count). The van der Waals surface area contributed by atoms with Crippen LogP contribution < -0.4 is 5.32 Å². The minimum Gasteiger partial charge on any atom is -0.377 e. The predicted octanol–water partition coefficient (Wildman–Crippen LogP) is 1.96. The molecule has 3 nitrogen and oxygen atoms in total. The number of amidine groups is 1. The van der Waals surface area contributed by atoms with E-state index in [1.807, 2.05) is 6.92 Å². The Bertz CT molecular complexity index is 374. The van der Waals surface area contributed by atoms with Crippen LogP contribution in [0.1, 0.15) is 24.5 Å². The third kappa shape index (κ3) is 2.83. The molecule has 1 N–H and O–H groups in total. The Morgan fingerprint density at radius 2 is 2.38 bits per heavy atom. The average molecular weight is 218 g/mol. The van der Waals surface area contributed by atoms with Crippen molar-refractivity contribution in [2.45, 2.75) is 20.0 Å². The van der Waals surface area contributed by atoms with Crippen LogP contribution in [0.2, 0.25) is 0 Å². The van der Waals surface area contributed by atoms with Crippen LogP contribution in [0.5, 0.6) is 0 Å². The SMILES string of the molecule is CCOCc1cccc(C2=NCCCN2)c1. The molecule has 1 aliphatic heterocycles. The first-order chi connectivity index (χ1) is 7.90. The lowest BCUT2D eigenvalue weighted by atomic mass is 10.1. The molecule has 0 bridgehead atoms. The molecule has 0 atom stereocenters. The van der Waals surface area contributed by atoms with Gasteiger partial charge in [0, 0.05) is 25.3 Å². The summed E-state index contributed by atoms with van der Waals surface area (Å²) in [5.74, 6) is 1.02. The Morgan fingerprint density at radius 3 is 3.12 bits per heavy atom. The van der Waals surface area contributed by atoms with E-state index in [0.717, 1.165) is 37.5 Å². The molecule has 0 spiro atoms. The van der Waals surface area contributed by atoms with E-state index in [9.17, 15) is 0 Å². The van der Waals surface area contributed by atoms with Gasteiger partial charge in [0.05, 0.1) is 6.61 Å². The number of rotatable bonds is 4. The molecular formula is C13H18N2O. The summed E-state index contributed by atoms with van der Waals surface area (Å²) in [5.41, 5.74) is 2.37. The van der Waals surface area contributed by atoms with E-state index < -0.39 is 0 Å². The highest BCUT2D eigenvalue weighted by Gasteiger charge is 2.06. The number of benzene rings is 1. The topological polar surface area (TPSA) is 33.6 Å². The van der Waals surface area contributed by atoms with E-state index in [1.165, 1.54) is 5.56 Å². The molecule has 3 heteroatoms. The molecule has 0 aromatic heterocycles. The van der Waals surface area contributed by atoms with Gasteiger partial charge >= 0.3 is 0 Å². The quantitative estimate of drug-likeness (QED) is 0.838. The van der Waals surface area contributed by atoms with Gasteiger partial charge in [0.15, 0.2) is 0 Å². The molecule has 0 saturated heterocycles. The lowest BCUT2D eigenvalue weighted by molar-refractivity contribution is 0.134. The summed E-state index contributed by atoms with van der Waals surface area (Å²) in [7, 11) is 0. The van der Waals surface area contributed by atoms with Crippen molar-refractivity contribution in [3.8, 4) is 0 Å². The Morgan fingerprint density at radius 1 is 1.44 bits per heavy atom. The molecule has 0 fully saturated rings. The minimum absolute atomic E-state index is 0.678. The maximum absolute atomic E-state index is 5.40. The number of hydrogen-bond acceptors (Lipinski definition) is 3. The zero-order chi connectivity index (χ0) is 11.2. The summed E-state index contributed by atoms with van der Waals surface area (Å²) in [6, 6.07) is 8.38. The number of ether oxygens (including phenoxy) is 1. The van der Waals surface area contributed by atoms with Gasteiger partial charge in [-0.25, -0.2) is 0 Å². The normalized spacial score (nSPS) is 15.4. The average Bonchev–Trinajstić information content (AvgIpc) is 2.38. The maximum Gasteiger partial charge on any atom is 0.128 e. The summed E-state index contributed by atoms with van der Waals surface area (Å²) >= 11 is 0. The molecule has 0 aliphatic carbocycles. The number of hydrogen-bond donors (Lipinski definition) is 1. The van der Waals surface area contributed by atoms with Gasteiger partial charge < -0.3 is 10.1 Å². The van der Waals surface area contributed by atoms with E-state index in [2.05, 4.69) is 34.6 Å². The highest BCUT2D eigenvalue weighted by atomic mass is 16.5. The number of aliphatic imine (C=N–C) groups is 1. The van der Waals surface area contributed by atoms with Crippen LogP contribution in [-0.2, 0) is 11.3 Å². The van der Waals surface area contributed by atoms with Crippen LogP contribution in [0.25, 0.3) is 0 Å². The molecule has 0 radical (unpaired) electrons. The van der Waals surface area contributed by atoms with E-state index >= 15 is 0 Å². The van der Waals surface area contributed by atoms with Gasteiger partial charge in [0.25, 0.3) is 0 Å². The summed E-state index contributed by atoms with van der Waals surface area (Å²) in [6.07, 6.45) is 1.13. The summed E-state index contributed by atoms with van der Waals surface area (Å²) in [5, 5.41) is 3.33. The molecule has 1 aliphatic rings. The van der Waals surface area contributed by atoms with Crippen LogP contribution in [0.15, 0.2) is 29.3 Å². The lowest BCUT2D eigenvalue weighted by Gasteiger charge is -2.15. The second kappa shape index (κ2) is 5.66. The van der Waals surface area contributed by atoms with E-state index in [-0.39, 0.29) is 0 Å². The largest absolute Gasteiger partial charge is 0.377 e. The first-order valence-corrected chi connectivity index (χ1v) is 5.85. The van der Waals surface area contributed by atoms with Gasteiger partial charge in [-0.05, 0) is 25.0 Å². The van der Waals surface area contributed by atoms with E-state index in [1.54, 1.807) is 0 Å². The lowest BCUT2D eigenvalue weighted by Crippen LogP contribution is -2.30. The standard InChI is InChI=1S/C13H18N2O/c1-2-16-10-11-5-3-6-12(9-11)13-14-7-4-8-15-13/h3,5-6,9H,2,4,7-8,10H2,1H3,(H,14,15). The van der Waals surface area contributed by atoms with Crippen molar-refractivity contribution in [1.29, 1.82) is 0 Å². The Hall–Kier alpha value is -1.35. The van der Waals surface area contributed by atoms with Crippen LogP contribution in [0.4, 0.5) is 0 Å². The van der Waals surface area contributed by atoms with Crippen molar-refractivity contribution in [1.82, 2.24) is 5.32 Å². The monoisotopic (exact) mass is 218 g/mol. The number of nitrogens with one attached hydrogen (secondary N) is 1. The van der Waals surface area contributed by atoms with Crippen molar-refractivity contribution < 1.29 is 4.74 Å².